The lowest BCUT2D eigenvalue weighted by Gasteiger charge is -2.08. The van der Waals surface area contributed by atoms with Gasteiger partial charge in [-0.1, -0.05) is 6.92 Å². The SMILES string of the molecule is CCC(Cl)CNCCCn1ccnc1. The average Bonchev–Trinajstić information content (AvgIpc) is 2.69. The third kappa shape index (κ3) is 4.63. The summed E-state index contributed by atoms with van der Waals surface area (Å²) in [4.78, 5) is 3.98. The van der Waals surface area contributed by atoms with Crippen LogP contribution in [-0.4, -0.2) is 28.0 Å². The van der Waals surface area contributed by atoms with Crippen LogP contribution >= 0.6 is 11.6 Å². The Kier molecular flexibility index (Phi) is 5.64. The van der Waals surface area contributed by atoms with E-state index in [2.05, 4.69) is 21.8 Å². The Balaban J connectivity index is 1.95. The number of halogens is 1. The fraction of sp³-hybridized carbons (Fsp3) is 0.700. The molecule has 1 heterocycles. The molecule has 0 fully saturated rings. The molecule has 1 aromatic rings. The largest absolute Gasteiger partial charge is 0.337 e. The highest BCUT2D eigenvalue weighted by Gasteiger charge is 1.98. The number of aromatic nitrogens is 2. The van der Waals surface area contributed by atoms with Crippen molar-refractivity contribution in [3.05, 3.63) is 18.7 Å². The minimum absolute atomic E-state index is 0.267. The molecule has 0 saturated carbocycles. The van der Waals surface area contributed by atoms with Crippen LogP contribution in [0.2, 0.25) is 0 Å². The predicted molar refractivity (Wildman–Crippen MR) is 59.6 cm³/mol. The van der Waals surface area contributed by atoms with Gasteiger partial charge in [-0.2, -0.15) is 0 Å². The Morgan fingerprint density at radius 3 is 3.07 bits per heavy atom. The quantitative estimate of drug-likeness (QED) is 0.556. The van der Waals surface area contributed by atoms with Crippen LogP contribution in [0.1, 0.15) is 19.8 Å². The van der Waals surface area contributed by atoms with Gasteiger partial charge in [0.1, 0.15) is 0 Å². The third-order valence-corrected chi connectivity index (χ3v) is 2.60. The minimum Gasteiger partial charge on any atom is -0.337 e. The normalized spacial score (nSPS) is 13.0. The Hall–Kier alpha value is -0.540. The number of nitrogens with zero attached hydrogens (tertiary/aromatic N) is 2. The van der Waals surface area contributed by atoms with E-state index in [1.165, 1.54) is 0 Å². The predicted octanol–water partition coefficient (Wildman–Crippen LogP) is 1.88. The molecule has 1 aromatic heterocycles. The number of hydrogen-bond donors (Lipinski definition) is 1. The van der Waals surface area contributed by atoms with Gasteiger partial charge in [0.05, 0.1) is 6.33 Å². The minimum atomic E-state index is 0.267. The summed E-state index contributed by atoms with van der Waals surface area (Å²) in [6.45, 7) is 5.04. The summed E-state index contributed by atoms with van der Waals surface area (Å²) in [6, 6.07) is 0. The zero-order valence-electron chi connectivity index (χ0n) is 8.62. The van der Waals surface area contributed by atoms with Crippen LogP contribution in [0.5, 0.6) is 0 Å². The Bertz CT molecular complexity index is 223. The maximum absolute atomic E-state index is 5.97. The first-order valence-electron chi connectivity index (χ1n) is 5.13. The summed E-state index contributed by atoms with van der Waals surface area (Å²) in [5, 5.41) is 3.60. The molecule has 0 aromatic carbocycles. The molecule has 0 aliphatic rings. The Labute approximate surface area is 90.5 Å². The fourth-order valence-corrected chi connectivity index (χ4v) is 1.32. The lowest BCUT2D eigenvalue weighted by molar-refractivity contribution is 0.571. The second-order valence-electron chi connectivity index (χ2n) is 3.36. The smallest absolute Gasteiger partial charge is 0.0945 e. The first-order valence-corrected chi connectivity index (χ1v) is 5.57. The van der Waals surface area contributed by atoms with Gasteiger partial charge in [-0.15, -0.1) is 11.6 Å². The van der Waals surface area contributed by atoms with Crippen LogP contribution in [0, 0.1) is 0 Å². The van der Waals surface area contributed by atoms with E-state index in [4.69, 9.17) is 11.6 Å². The lowest BCUT2D eigenvalue weighted by atomic mass is 10.3. The second kappa shape index (κ2) is 6.85. The van der Waals surface area contributed by atoms with Gasteiger partial charge in [0.25, 0.3) is 0 Å². The topological polar surface area (TPSA) is 29.9 Å². The van der Waals surface area contributed by atoms with Crippen LogP contribution in [-0.2, 0) is 6.54 Å². The van der Waals surface area contributed by atoms with Crippen molar-refractivity contribution in [3.8, 4) is 0 Å². The first-order chi connectivity index (χ1) is 6.83. The standard InChI is InChI=1S/C10H18ClN3/c1-2-10(11)8-12-4-3-6-14-7-5-13-9-14/h5,7,9-10,12H,2-4,6,8H2,1H3. The highest BCUT2D eigenvalue weighted by atomic mass is 35.5. The van der Waals surface area contributed by atoms with Crippen molar-refractivity contribution in [2.45, 2.75) is 31.7 Å². The van der Waals surface area contributed by atoms with Crippen LogP contribution in [0.3, 0.4) is 0 Å². The molecule has 0 spiro atoms. The molecule has 3 nitrogen and oxygen atoms in total. The van der Waals surface area contributed by atoms with Crippen LogP contribution in [0.25, 0.3) is 0 Å². The molecule has 1 rings (SSSR count). The number of rotatable bonds is 7. The van der Waals surface area contributed by atoms with Crippen LogP contribution in [0.4, 0.5) is 0 Å². The van der Waals surface area contributed by atoms with Gasteiger partial charge in [0.15, 0.2) is 0 Å². The molecule has 0 bridgehead atoms. The summed E-state index contributed by atoms with van der Waals surface area (Å²) >= 11 is 5.97. The maximum Gasteiger partial charge on any atom is 0.0945 e. The van der Waals surface area contributed by atoms with E-state index < -0.39 is 0 Å². The Morgan fingerprint density at radius 2 is 2.43 bits per heavy atom. The van der Waals surface area contributed by atoms with Crippen molar-refractivity contribution >= 4 is 11.6 Å². The zero-order chi connectivity index (χ0) is 10.2. The Morgan fingerprint density at radius 1 is 1.57 bits per heavy atom. The van der Waals surface area contributed by atoms with Gasteiger partial charge in [0.2, 0.25) is 0 Å². The van der Waals surface area contributed by atoms with Crippen molar-refractivity contribution in [1.82, 2.24) is 14.9 Å². The van der Waals surface area contributed by atoms with Crippen molar-refractivity contribution in [2.75, 3.05) is 13.1 Å². The van der Waals surface area contributed by atoms with E-state index in [0.29, 0.717) is 0 Å². The van der Waals surface area contributed by atoms with E-state index in [1.807, 2.05) is 12.5 Å². The number of hydrogen-bond acceptors (Lipinski definition) is 2. The summed E-state index contributed by atoms with van der Waals surface area (Å²) in [5.41, 5.74) is 0. The number of imidazole rings is 1. The molecule has 1 N–H and O–H groups in total. The number of aryl methyl sites for hydroxylation is 1. The van der Waals surface area contributed by atoms with E-state index in [9.17, 15) is 0 Å². The van der Waals surface area contributed by atoms with Gasteiger partial charge in [0, 0.05) is 30.9 Å². The average molecular weight is 216 g/mol. The van der Waals surface area contributed by atoms with Gasteiger partial charge < -0.3 is 9.88 Å². The molecule has 0 radical (unpaired) electrons. The van der Waals surface area contributed by atoms with Crippen LogP contribution in [0.15, 0.2) is 18.7 Å². The van der Waals surface area contributed by atoms with Gasteiger partial charge in [-0.3, -0.25) is 0 Å². The molecule has 4 heteroatoms. The molecule has 80 valence electrons. The van der Waals surface area contributed by atoms with Crippen molar-refractivity contribution < 1.29 is 0 Å². The van der Waals surface area contributed by atoms with E-state index in [1.54, 1.807) is 6.20 Å². The van der Waals surface area contributed by atoms with Gasteiger partial charge in [-0.05, 0) is 19.4 Å². The third-order valence-electron chi connectivity index (χ3n) is 2.14. The van der Waals surface area contributed by atoms with Crippen molar-refractivity contribution in [3.63, 3.8) is 0 Å². The van der Waals surface area contributed by atoms with E-state index in [0.717, 1.165) is 32.5 Å². The van der Waals surface area contributed by atoms with Crippen LogP contribution < -0.4 is 5.32 Å². The fourth-order valence-electron chi connectivity index (χ4n) is 1.21. The summed E-state index contributed by atoms with van der Waals surface area (Å²) in [6.07, 6.45) is 7.77. The van der Waals surface area contributed by atoms with Gasteiger partial charge >= 0.3 is 0 Å². The highest BCUT2D eigenvalue weighted by Crippen LogP contribution is 1.98. The lowest BCUT2D eigenvalue weighted by Crippen LogP contribution is -2.24. The highest BCUT2D eigenvalue weighted by molar-refractivity contribution is 6.20. The maximum atomic E-state index is 5.97. The first kappa shape index (κ1) is 11.5. The summed E-state index contributed by atoms with van der Waals surface area (Å²) in [7, 11) is 0. The molecule has 0 saturated heterocycles. The molecular formula is C10H18ClN3. The van der Waals surface area contributed by atoms with E-state index in [-0.39, 0.29) is 5.38 Å². The molecule has 0 amide bonds. The molecule has 1 unspecified atom stereocenters. The number of nitrogens with one attached hydrogen (secondary N) is 1. The van der Waals surface area contributed by atoms with Crippen molar-refractivity contribution in [1.29, 1.82) is 0 Å². The van der Waals surface area contributed by atoms with Gasteiger partial charge in [-0.25, -0.2) is 4.98 Å². The second-order valence-corrected chi connectivity index (χ2v) is 3.98. The molecule has 0 aliphatic carbocycles. The summed E-state index contributed by atoms with van der Waals surface area (Å²) in [5.74, 6) is 0. The molecular weight excluding hydrogens is 198 g/mol. The monoisotopic (exact) mass is 215 g/mol. The zero-order valence-corrected chi connectivity index (χ0v) is 9.37. The van der Waals surface area contributed by atoms with E-state index >= 15 is 0 Å². The molecule has 14 heavy (non-hydrogen) atoms. The molecule has 1 atom stereocenters. The summed E-state index contributed by atoms with van der Waals surface area (Å²) < 4.78 is 2.08. The molecule has 0 aliphatic heterocycles. The number of alkyl halides is 1. The van der Waals surface area contributed by atoms with Crippen molar-refractivity contribution in [2.24, 2.45) is 0 Å².